The Labute approximate surface area is 463 Å². The number of amides is 3. The van der Waals surface area contributed by atoms with Gasteiger partial charge in [-0.15, -0.1) is 0 Å². The molecule has 474 valence electrons. The zero-order valence-corrected chi connectivity index (χ0v) is 43.9. The van der Waals surface area contributed by atoms with Crippen molar-refractivity contribution in [3.63, 3.8) is 0 Å². The van der Waals surface area contributed by atoms with E-state index in [2.05, 4.69) is 16.0 Å². The molecule has 0 aromatic carbocycles. The summed E-state index contributed by atoms with van der Waals surface area (Å²) in [7, 11) is 0. The van der Waals surface area contributed by atoms with Crippen LogP contribution >= 0.6 is 0 Å². The Hall–Kier alpha value is -3.28. The predicted octanol–water partition coefficient (Wildman–Crippen LogP) is -14.5. The van der Waals surface area contributed by atoms with Gasteiger partial charge in [0, 0.05) is 20.3 Å². The molecule has 22 N–H and O–H groups in total. The lowest BCUT2D eigenvalue weighted by atomic mass is 9.88. The van der Waals surface area contributed by atoms with E-state index in [4.69, 9.17) is 52.1 Å². The quantitative estimate of drug-likeness (QED) is 0.0479. The molecule has 0 radical (unpaired) electrons. The highest BCUT2D eigenvalue weighted by Crippen LogP contribution is 2.39. The predicted molar refractivity (Wildman–Crippen MR) is 251 cm³/mol. The van der Waals surface area contributed by atoms with Crippen LogP contribution in [-0.2, 0) is 71.3 Å². The van der Waals surface area contributed by atoms with Crippen LogP contribution in [0.15, 0.2) is 0 Å². The first-order chi connectivity index (χ1) is 38.6. The third-order valence-corrected chi connectivity index (χ3v) is 14.7. The van der Waals surface area contributed by atoms with E-state index in [-0.39, 0.29) is 0 Å². The molecule has 37 heteroatoms. The summed E-state index contributed by atoms with van der Waals surface area (Å²) in [5.74, 6) is -8.18. The Morgan fingerprint density at radius 1 is 0.537 bits per heavy atom. The molecule has 6 heterocycles. The molecule has 6 fully saturated rings. The average Bonchev–Trinajstić information content (AvgIpc) is 2.79. The summed E-state index contributed by atoms with van der Waals surface area (Å²) in [6.45, 7) is -3.61. The van der Waals surface area contributed by atoms with E-state index in [1.807, 2.05) is 0 Å². The van der Waals surface area contributed by atoms with Crippen molar-refractivity contribution < 1.29 is 168 Å². The van der Waals surface area contributed by atoms with Gasteiger partial charge in [-0.1, -0.05) is 0 Å². The van der Waals surface area contributed by atoms with Gasteiger partial charge >= 0.3 is 5.97 Å². The Morgan fingerprint density at radius 2 is 1.01 bits per heavy atom. The van der Waals surface area contributed by atoms with Crippen LogP contribution in [0.1, 0.15) is 27.2 Å². The van der Waals surface area contributed by atoms with Gasteiger partial charge in [0.2, 0.25) is 17.7 Å². The van der Waals surface area contributed by atoms with Crippen LogP contribution in [-0.4, -0.2) is 350 Å². The molecule has 6 rings (SSSR count). The second kappa shape index (κ2) is 28.9. The molecule has 82 heavy (non-hydrogen) atoms. The third kappa shape index (κ3) is 14.7. The standard InChI is InChI=1S/C45H75N3O34/c1-11-24(59)30(65)32(67)41(73-11)81-38-37(80-40-23(47-13(3)55)35(27(62)17(7-51)75-40)78-42-33(68)31(66)26(61)16(6-50)76-42)28(63)18(8-52)77-43(38)79-34-22(46-12(2)54)39(69)74-19(29(34)64)10-72-45(44(70)71)4-14(56)21(48-20(58)9-53)36(82-45)25(60)15(57)5-49/h11,14-19,21-43,49-53,56-57,59-69H,4-10H2,1-3H3,(H,46,54)(H,47,55)(H,48,58)(H,70,71)/t11-,14-,15+,16+,17+,18+,19+,21+,22+,23+,24+,25+,26-,27-,28-,29-,30+,31-,32-,33+,34+,35+,36+,37-,38+,39-,40+,41-,42+,43-,45+/m0/s1. The minimum absolute atomic E-state index is 0.918. The van der Waals surface area contributed by atoms with Crippen molar-refractivity contribution in [1.29, 1.82) is 0 Å². The third-order valence-electron chi connectivity index (χ3n) is 14.7. The Kier molecular flexibility index (Phi) is 23.9. The molecule has 0 bridgehead atoms. The summed E-state index contributed by atoms with van der Waals surface area (Å²) in [6, 6.07) is -5.58. The normalized spacial score (nSPS) is 46.3. The number of carbonyl (C=O) groups excluding carboxylic acids is 3. The first-order valence-corrected chi connectivity index (χ1v) is 25.8. The fraction of sp³-hybridized carbons (Fsp3) is 0.911. The lowest BCUT2D eigenvalue weighted by Gasteiger charge is -2.52. The molecule has 0 spiro atoms. The highest BCUT2D eigenvalue weighted by Gasteiger charge is 2.60. The Balaban J connectivity index is 1.39. The van der Waals surface area contributed by atoms with Crippen LogP contribution in [0.2, 0.25) is 0 Å². The molecule has 0 aromatic rings. The lowest BCUT2D eigenvalue weighted by Crippen LogP contribution is -2.71. The van der Waals surface area contributed by atoms with Crippen LogP contribution in [0.5, 0.6) is 0 Å². The van der Waals surface area contributed by atoms with Gasteiger partial charge in [0.15, 0.2) is 31.5 Å². The number of carbonyl (C=O) groups is 4. The van der Waals surface area contributed by atoms with Crippen LogP contribution in [0.4, 0.5) is 0 Å². The van der Waals surface area contributed by atoms with Crippen molar-refractivity contribution in [2.75, 3.05) is 39.6 Å². The largest absolute Gasteiger partial charge is 0.477 e. The number of carboxylic acids is 1. The molecule has 0 saturated carbocycles. The van der Waals surface area contributed by atoms with Crippen molar-refractivity contribution in [2.24, 2.45) is 0 Å². The summed E-state index contributed by atoms with van der Waals surface area (Å²) in [5.41, 5.74) is 0. The summed E-state index contributed by atoms with van der Waals surface area (Å²) >= 11 is 0. The maximum absolute atomic E-state index is 13.0. The van der Waals surface area contributed by atoms with Gasteiger partial charge in [-0.05, 0) is 6.92 Å². The minimum atomic E-state index is -3.11. The van der Waals surface area contributed by atoms with Crippen LogP contribution in [0.3, 0.4) is 0 Å². The number of hydrogen-bond donors (Lipinski definition) is 22. The number of aliphatic hydroxyl groups excluding tert-OH is 18. The van der Waals surface area contributed by atoms with Gasteiger partial charge in [-0.3, -0.25) is 14.4 Å². The van der Waals surface area contributed by atoms with Crippen LogP contribution < -0.4 is 16.0 Å². The van der Waals surface area contributed by atoms with E-state index < -0.39 is 259 Å². The van der Waals surface area contributed by atoms with Crippen molar-refractivity contribution in [1.82, 2.24) is 16.0 Å². The van der Waals surface area contributed by atoms with Gasteiger partial charge in [0.1, 0.15) is 141 Å². The van der Waals surface area contributed by atoms with Gasteiger partial charge in [-0.25, -0.2) is 4.79 Å². The fourth-order valence-corrected chi connectivity index (χ4v) is 10.2. The highest BCUT2D eigenvalue weighted by molar-refractivity contribution is 5.78. The molecule has 6 aliphatic rings. The number of hydrogen-bond acceptors (Lipinski definition) is 33. The lowest BCUT2D eigenvalue weighted by molar-refractivity contribution is -0.400. The van der Waals surface area contributed by atoms with Gasteiger partial charge in [-0.2, -0.15) is 0 Å². The molecule has 6 aliphatic heterocycles. The Morgan fingerprint density at radius 3 is 1.57 bits per heavy atom. The summed E-state index contributed by atoms with van der Waals surface area (Å²) in [4.78, 5) is 50.8. The summed E-state index contributed by atoms with van der Waals surface area (Å²) in [6.07, 6.45) is -56.3. The van der Waals surface area contributed by atoms with Crippen molar-refractivity contribution in [3.05, 3.63) is 0 Å². The number of aliphatic hydroxyl groups is 18. The highest BCUT2D eigenvalue weighted by atomic mass is 16.8. The maximum Gasteiger partial charge on any atom is 0.364 e. The van der Waals surface area contributed by atoms with E-state index in [1.54, 1.807) is 0 Å². The first-order valence-electron chi connectivity index (χ1n) is 25.8. The van der Waals surface area contributed by atoms with E-state index in [0.29, 0.717) is 0 Å². The molecule has 0 unspecified atom stereocenters. The van der Waals surface area contributed by atoms with E-state index >= 15 is 0 Å². The molecule has 31 atom stereocenters. The molecule has 37 nitrogen and oxygen atoms in total. The average molecular weight is 1200 g/mol. The fourth-order valence-electron chi connectivity index (χ4n) is 10.2. The number of aliphatic carboxylic acids is 1. The number of carboxylic acid groups (broad SMARTS) is 1. The van der Waals surface area contributed by atoms with Crippen molar-refractivity contribution >= 4 is 23.7 Å². The monoisotopic (exact) mass is 1200 g/mol. The van der Waals surface area contributed by atoms with E-state index in [9.17, 15) is 116 Å². The van der Waals surface area contributed by atoms with Gasteiger partial charge in [0.05, 0.1) is 51.3 Å². The van der Waals surface area contributed by atoms with Crippen LogP contribution in [0.25, 0.3) is 0 Å². The topological polar surface area (TPSA) is 590 Å². The second-order valence-electron chi connectivity index (χ2n) is 20.4. The molecule has 6 saturated heterocycles. The minimum Gasteiger partial charge on any atom is -0.477 e. The Bertz CT molecular complexity index is 2090. The summed E-state index contributed by atoms with van der Waals surface area (Å²) in [5, 5.41) is 211. The second-order valence-corrected chi connectivity index (χ2v) is 20.4. The summed E-state index contributed by atoms with van der Waals surface area (Å²) < 4.78 is 64.3. The smallest absolute Gasteiger partial charge is 0.364 e. The molecule has 3 amide bonds. The molecular formula is C45H75N3O34. The SMILES string of the molecule is CC(=O)N[C@@H]1[C@@H](O[C@@H]2O[C@H](CO)[C@H](O)[C@H](O[C@H]3O[C@H](CO)[C@H](O)[C@H](O[C@H]4O[C@H](CO)[C@H](O)[C@H](O)[C@H]4O)[C@H]3NC(C)=O)[C@H]2O[C@@H]2O[C@@H](C)[C@@H](O)[C@@H](O)[C@@H]2O)[C@@H](O)[C@@H](CO[C@]2(C(=O)O)C[C@H](O)[C@@H](NC(=O)CO)[C@H]([C@H](O)[C@H](O)CO)O2)O[C@@H]1O. The van der Waals surface area contributed by atoms with Gasteiger partial charge < -0.3 is 165 Å². The molecular weight excluding hydrogens is 1130 g/mol. The first kappa shape index (κ1) is 67.8. The van der Waals surface area contributed by atoms with Crippen molar-refractivity contribution in [2.45, 2.75) is 217 Å². The molecule has 0 aromatic heterocycles. The van der Waals surface area contributed by atoms with Crippen molar-refractivity contribution in [3.8, 4) is 0 Å². The van der Waals surface area contributed by atoms with E-state index in [1.165, 1.54) is 6.92 Å². The maximum atomic E-state index is 13.0. The van der Waals surface area contributed by atoms with Crippen LogP contribution in [0, 0.1) is 0 Å². The number of nitrogens with one attached hydrogen (secondary N) is 3. The number of rotatable bonds is 22. The number of ether oxygens (including phenoxy) is 11. The molecule has 0 aliphatic carbocycles. The van der Waals surface area contributed by atoms with Gasteiger partial charge in [0.25, 0.3) is 5.79 Å². The zero-order chi connectivity index (χ0) is 61.0. The zero-order valence-electron chi connectivity index (χ0n) is 43.9. The van der Waals surface area contributed by atoms with E-state index in [0.717, 1.165) is 13.8 Å².